The van der Waals surface area contributed by atoms with Crippen LogP contribution >= 0.6 is 11.6 Å². The van der Waals surface area contributed by atoms with Gasteiger partial charge in [0.25, 0.3) is 0 Å². The predicted molar refractivity (Wildman–Crippen MR) is 62.5 cm³/mol. The third kappa shape index (κ3) is 4.35. The molecule has 6 heteroatoms. The van der Waals surface area contributed by atoms with Crippen LogP contribution in [0.1, 0.15) is 12.8 Å². The largest absolute Gasteiger partial charge is 0.409 e. The number of hydrogen-bond acceptors (Lipinski definition) is 3. The Morgan fingerprint density at radius 1 is 1.50 bits per heavy atom. The molecule has 0 radical (unpaired) electrons. The first-order valence-electron chi connectivity index (χ1n) is 4.78. The number of benzene rings is 1. The van der Waals surface area contributed by atoms with E-state index in [9.17, 15) is 4.39 Å². The lowest BCUT2D eigenvalue weighted by Crippen LogP contribution is -2.13. The number of oxime groups is 1. The van der Waals surface area contributed by atoms with Gasteiger partial charge < -0.3 is 16.3 Å². The highest BCUT2D eigenvalue weighted by molar-refractivity contribution is 6.30. The highest BCUT2D eigenvalue weighted by Crippen LogP contribution is 2.17. The van der Waals surface area contributed by atoms with Gasteiger partial charge in [-0.25, -0.2) is 4.39 Å². The number of nitrogens with two attached hydrogens (primary N) is 1. The van der Waals surface area contributed by atoms with Crippen LogP contribution in [0, 0.1) is 5.82 Å². The first-order valence-corrected chi connectivity index (χ1v) is 5.16. The van der Waals surface area contributed by atoms with Crippen LogP contribution in [-0.2, 0) is 0 Å². The minimum Gasteiger partial charge on any atom is -0.409 e. The minimum atomic E-state index is -0.383. The first-order chi connectivity index (χ1) is 7.61. The smallest absolute Gasteiger partial charge is 0.139 e. The van der Waals surface area contributed by atoms with Gasteiger partial charge in [-0.2, -0.15) is 0 Å². The van der Waals surface area contributed by atoms with E-state index in [0.717, 1.165) is 0 Å². The monoisotopic (exact) mass is 245 g/mol. The summed E-state index contributed by atoms with van der Waals surface area (Å²) in [4.78, 5) is 0. The van der Waals surface area contributed by atoms with Crippen molar-refractivity contribution in [2.75, 3.05) is 11.9 Å². The van der Waals surface area contributed by atoms with Crippen LogP contribution in [0.4, 0.5) is 10.1 Å². The van der Waals surface area contributed by atoms with Crippen molar-refractivity contribution >= 4 is 23.1 Å². The van der Waals surface area contributed by atoms with Crippen molar-refractivity contribution in [2.24, 2.45) is 10.9 Å². The van der Waals surface area contributed by atoms with Crippen LogP contribution in [0.2, 0.25) is 5.02 Å². The van der Waals surface area contributed by atoms with Crippen molar-refractivity contribution in [1.82, 2.24) is 0 Å². The minimum absolute atomic E-state index is 0.180. The van der Waals surface area contributed by atoms with E-state index in [1.54, 1.807) is 6.07 Å². The fourth-order valence-electron chi connectivity index (χ4n) is 1.21. The maximum Gasteiger partial charge on any atom is 0.139 e. The molecule has 0 spiro atoms. The standard InChI is InChI=1S/C10H13ClFN3O/c11-7-4-8(12)6-9(5-7)14-3-1-2-10(13)15-16/h4-6,14,16H,1-3H2,(H2,13,15). The molecule has 1 rings (SSSR count). The van der Waals surface area contributed by atoms with Crippen LogP contribution in [0.15, 0.2) is 23.4 Å². The Balaban J connectivity index is 2.37. The maximum absolute atomic E-state index is 12.9. The van der Waals surface area contributed by atoms with Gasteiger partial charge in [-0.1, -0.05) is 16.8 Å². The van der Waals surface area contributed by atoms with Gasteiger partial charge in [-0.3, -0.25) is 0 Å². The third-order valence-corrected chi connectivity index (χ3v) is 2.15. The number of halogens is 2. The Morgan fingerprint density at radius 2 is 2.25 bits per heavy atom. The molecule has 0 heterocycles. The van der Waals surface area contributed by atoms with Crippen LogP contribution in [0.5, 0.6) is 0 Å². The Hall–Kier alpha value is -1.49. The Labute approximate surface area is 97.9 Å². The van der Waals surface area contributed by atoms with Crippen molar-refractivity contribution in [2.45, 2.75) is 12.8 Å². The number of amidine groups is 1. The normalized spacial score (nSPS) is 11.5. The molecule has 1 aromatic rings. The molecule has 0 atom stereocenters. The number of nitrogens with one attached hydrogen (secondary N) is 1. The van der Waals surface area contributed by atoms with Gasteiger partial charge >= 0.3 is 0 Å². The molecule has 0 saturated carbocycles. The molecule has 0 fully saturated rings. The van der Waals surface area contributed by atoms with Gasteiger partial charge in [-0.05, 0) is 24.6 Å². The van der Waals surface area contributed by atoms with Gasteiger partial charge in [0.05, 0.1) is 0 Å². The number of hydrogen-bond donors (Lipinski definition) is 3. The van der Waals surface area contributed by atoms with E-state index in [2.05, 4.69) is 10.5 Å². The van der Waals surface area contributed by atoms with Gasteiger partial charge in [0, 0.05) is 23.7 Å². The van der Waals surface area contributed by atoms with Crippen molar-refractivity contribution < 1.29 is 9.60 Å². The Kier molecular flexibility index (Phi) is 4.85. The van der Waals surface area contributed by atoms with Crippen LogP contribution in [0.3, 0.4) is 0 Å². The summed E-state index contributed by atoms with van der Waals surface area (Å²) < 4.78 is 12.9. The second kappa shape index (κ2) is 6.17. The highest BCUT2D eigenvalue weighted by atomic mass is 35.5. The lowest BCUT2D eigenvalue weighted by molar-refractivity contribution is 0.316. The summed E-state index contributed by atoms with van der Waals surface area (Å²) in [5.41, 5.74) is 5.91. The van der Waals surface area contributed by atoms with Crippen molar-refractivity contribution in [1.29, 1.82) is 0 Å². The van der Waals surface area contributed by atoms with E-state index in [4.69, 9.17) is 22.5 Å². The molecule has 4 nitrogen and oxygen atoms in total. The highest BCUT2D eigenvalue weighted by Gasteiger charge is 1.99. The summed E-state index contributed by atoms with van der Waals surface area (Å²) in [7, 11) is 0. The van der Waals surface area contributed by atoms with E-state index in [1.165, 1.54) is 12.1 Å². The average Bonchev–Trinajstić information content (AvgIpc) is 2.22. The van der Waals surface area contributed by atoms with Crippen LogP contribution in [-0.4, -0.2) is 17.6 Å². The summed E-state index contributed by atoms with van der Waals surface area (Å²) in [6.45, 7) is 0.593. The quantitative estimate of drug-likeness (QED) is 0.245. The van der Waals surface area contributed by atoms with E-state index in [-0.39, 0.29) is 11.7 Å². The Bertz CT molecular complexity index is 364. The van der Waals surface area contributed by atoms with E-state index >= 15 is 0 Å². The lowest BCUT2D eigenvalue weighted by Gasteiger charge is -2.06. The summed E-state index contributed by atoms with van der Waals surface area (Å²) in [6.07, 6.45) is 1.16. The second-order valence-corrected chi connectivity index (χ2v) is 3.72. The molecule has 0 aliphatic heterocycles. The van der Waals surface area contributed by atoms with Crippen molar-refractivity contribution in [3.8, 4) is 0 Å². The molecule has 0 amide bonds. The third-order valence-electron chi connectivity index (χ3n) is 1.93. The van der Waals surface area contributed by atoms with Gasteiger partial charge in [0.2, 0.25) is 0 Å². The molecule has 0 aliphatic rings. The van der Waals surface area contributed by atoms with Gasteiger partial charge in [0.1, 0.15) is 11.7 Å². The molecule has 0 unspecified atom stereocenters. The first kappa shape index (κ1) is 12.6. The Morgan fingerprint density at radius 3 is 2.88 bits per heavy atom. The van der Waals surface area contributed by atoms with E-state index in [1.807, 2.05) is 0 Å². The van der Waals surface area contributed by atoms with Crippen molar-refractivity contribution in [3.63, 3.8) is 0 Å². The number of rotatable bonds is 5. The molecule has 0 aromatic heterocycles. The zero-order valence-corrected chi connectivity index (χ0v) is 9.34. The molecule has 88 valence electrons. The number of anilines is 1. The topological polar surface area (TPSA) is 70.6 Å². The summed E-state index contributed by atoms with van der Waals surface area (Å²) in [6, 6.07) is 4.23. The molecular formula is C10H13ClFN3O. The molecule has 0 saturated heterocycles. The molecule has 0 bridgehead atoms. The molecule has 16 heavy (non-hydrogen) atoms. The molecular weight excluding hydrogens is 233 g/mol. The van der Waals surface area contributed by atoms with E-state index < -0.39 is 0 Å². The van der Waals surface area contributed by atoms with Crippen LogP contribution < -0.4 is 11.1 Å². The van der Waals surface area contributed by atoms with Crippen molar-refractivity contribution in [3.05, 3.63) is 29.0 Å². The predicted octanol–water partition coefficient (Wildman–Crippen LogP) is 2.42. The van der Waals surface area contributed by atoms with Gasteiger partial charge in [-0.15, -0.1) is 0 Å². The molecule has 0 aliphatic carbocycles. The average molecular weight is 246 g/mol. The fraction of sp³-hybridized carbons (Fsp3) is 0.300. The SMILES string of the molecule is N/C(CCCNc1cc(F)cc(Cl)c1)=N/O. The molecule has 1 aromatic carbocycles. The number of nitrogens with zero attached hydrogens (tertiary/aromatic N) is 1. The summed E-state index contributed by atoms with van der Waals surface area (Å²) >= 11 is 5.68. The zero-order valence-electron chi connectivity index (χ0n) is 8.58. The zero-order chi connectivity index (χ0) is 12.0. The van der Waals surface area contributed by atoms with Crippen LogP contribution in [0.25, 0.3) is 0 Å². The fourth-order valence-corrected chi connectivity index (χ4v) is 1.43. The van der Waals surface area contributed by atoms with E-state index in [0.29, 0.717) is 30.1 Å². The second-order valence-electron chi connectivity index (χ2n) is 3.28. The lowest BCUT2D eigenvalue weighted by atomic mass is 10.2. The summed E-state index contributed by atoms with van der Waals surface area (Å²) in [5, 5.41) is 14.5. The van der Waals surface area contributed by atoms with Gasteiger partial charge in [0.15, 0.2) is 0 Å². The summed E-state index contributed by atoms with van der Waals surface area (Å²) in [5.74, 6) is -0.203. The molecule has 4 N–H and O–H groups in total. The maximum atomic E-state index is 12.9.